The number of para-hydroxylation sites is 1. The van der Waals surface area contributed by atoms with Crippen LogP contribution in [0.25, 0.3) is 0 Å². The third-order valence-electron chi connectivity index (χ3n) is 4.24. The molecule has 0 saturated carbocycles. The fourth-order valence-corrected chi connectivity index (χ4v) is 3.21. The van der Waals surface area contributed by atoms with Crippen LogP contribution in [0.1, 0.15) is 33.8 Å². The Balaban J connectivity index is 1.89. The van der Waals surface area contributed by atoms with E-state index in [1.54, 1.807) is 6.07 Å². The molecule has 1 fully saturated rings. The third kappa shape index (κ3) is 2.64. The van der Waals surface area contributed by atoms with Crippen molar-refractivity contribution in [1.29, 1.82) is 0 Å². The van der Waals surface area contributed by atoms with Gasteiger partial charge in [0.15, 0.2) is 0 Å². The maximum absolute atomic E-state index is 11.5. The minimum atomic E-state index is -0.850. The molecule has 0 radical (unpaired) electrons. The van der Waals surface area contributed by atoms with E-state index < -0.39 is 5.97 Å². The lowest BCUT2D eigenvalue weighted by atomic mass is 9.99. The molecule has 3 nitrogen and oxygen atoms in total. The lowest BCUT2D eigenvalue weighted by Crippen LogP contribution is -2.23. The zero-order valence-electron chi connectivity index (χ0n) is 12.1. The predicted molar refractivity (Wildman–Crippen MR) is 84.2 cm³/mol. The first-order valence-corrected chi connectivity index (χ1v) is 7.29. The molecular formula is C18H19NO2. The minimum absolute atomic E-state index is 0.406. The van der Waals surface area contributed by atoms with Gasteiger partial charge in [-0.05, 0) is 30.5 Å². The number of rotatable bonds is 3. The zero-order valence-corrected chi connectivity index (χ0v) is 12.1. The summed E-state index contributed by atoms with van der Waals surface area (Å²) in [5, 5.41) is 9.41. The van der Waals surface area contributed by atoms with Gasteiger partial charge in [-0.2, -0.15) is 0 Å². The van der Waals surface area contributed by atoms with Crippen LogP contribution >= 0.6 is 0 Å². The monoisotopic (exact) mass is 281 g/mol. The molecule has 0 bridgehead atoms. The summed E-state index contributed by atoms with van der Waals surface area (Å²) in [4.78, 5) is 13.7. The number of hydrogen-bond donors (Lipinski definition) is 1. The van der Waals surface area contributed by atoms with Gasteiger partial charge in [-0.25, -0.2) is 4.79 Å². The minimum Gasteiger partial charge on any atom is -0.478 e. The Morgan fingerprint density at radius 3 is 2.62 bits per heavy atom. The number of aromatic carboxylic acids is 1. The number of anilines is 1. The van der Waals surface area contributed by atoms with Crippen LogP contribution in [-0.2, 0) is 0 Å². The molecule has 0 amide bonds. The highest BCUT2D eigenvalue weighted by atomic mass is 16.4. The average Bonchev–Trinajstić information content (AvgIpc) is 2.97. The second-order valence-corrected chi connectivity index (χ2v) is 5.62. The van der Waals surface area contributed by atoms with E-state index in [9.17, 15) is 9.90 Å². The van der Waals surface area contributed by atoms with Crippen LogP contribution < -0.4 is 4.90 Å². The predicted octanol–water partition coefficient (Wildman–Crippen LogP) is 3.69. The molecule has 0 aliphatic carbocycles. The number of carboxylic acids is 1. The highest BCUT2D eigenvalue weighted by molar-refractivity contribution is 5.95. The van der Waals surface area contributed by atoms with Gasteiger partial charge < -0.3 is 10.0 Å². The molecule has 1 saturated heterocycles. The SMILES string of the molecule is Cc1cccc(C(=O)O)c1N1CCC(c2ccccc2)C1. The molecule has 108 valence electrons. The molecular weight excluding hydrogens is 262 g/mol. The summed E-state index contributed by atoms with van der Waals surface area (Å²) in [6.07, 6.45) is 1.07. The van der Waals surface area contributed by atoms with Crippen molar-refractivity contribution in [3.8, 4) is 0 Å². The van der Waals surface area contributed by atoms with Crippen molar-refractivity contribution in [2.45, 2.75) is 19.3 Å². The molecule has 0 spiro atoms. The van der Waals surface area contributed by atoms with E-state index in [0.717, 1.165) is 30.8 Å². The van der Waals surface area contributed by atoms with Gasteiger partial charge in [-0.15, -0.1) is 0 Å². The van der Waals surface area contributed by atoms with Gasteiger partial charge in [0.25, 0.3) is 0 Å². The number of nitrogens with zero attached hydrogens (tertiary/aromatic N) is 1. The van der Waals surface area contributed by atoms with E-state index in [-0.39, 0.29) is 0 Å². The van der Waals surface area contributed by atoms with E-state index in [1.807, 2.05) is 25.1 Å². The summed E-state index contributed by atoms with van der Waals surface area (Å²) in [6, 6.07) is 16.0. The Morgan fingerprint density at radius 1 is 1.14 bits per heavy atom. The molecule has 3 heteroatoms. The van der Waals surface area contributed by atoms with Crippen LogP contribution in [0.2, 0.25) is 0 Å². The van der Waals surface area contributed by atoms with Gasteiger partial charge in [0, 0.05) is 19.0 Å². The zero-order chi connectivity index (χ0) is 14.8. The highest BCUT2D eigenvalue weighted by Crippen LogP contribution is 2.34. The van der Waals surface area contributed by atoms with Crippen LogP contribution in [0, 0.1) is 6.92 Å². The Labute approximate surface area is 124 Å². The van der Waals surface area contributed by atoms with Crippen LogP contribution in [0.4, 0.5) is 5.69 Å². The van der Waals surface area contributed by atoms with Gasteiger partial charge in [0.2, 0.25) is 0 Å². The van der Waals surface area contributed by atoms with Gasteiger partial charge in [-0.1, -0.05) is 42.5 Å². The number of carbonyl (C=O) groups is 1. The summed E-state index contributed by atoms with van der Waals surface area (Å²) < 4.78 is 0. The lowest BCUT2D eigenvalue weighted by Gasteiger charge is -2.23. The molecule has 1 aliphatic rings. The van der Waals surface area contributed by atoms with E-state index in [0.29, 0.717) is 11.5 Å². The first kappa shape index (κ1) is 13.7. The summed E-state index contributed by atoms with van der Waals surface area (Å²) in [7, 11) is 0. The van der Waals surface area contributed by atoms with Gasteiger partial charge >= 0.3 is 5.97 Å². The molecule has 2 aromatic carbocycles. The number of hydrogen-bond acceptors (Lipinski definition) is 2. The van der Waals surface area contributed by atoms with Crippen molar-refractivity contribution >= 4 is 11.7 Å². The first-order valence-electron chi connectivity index (χ1n) is 7.29. The normalized spacial score (nSPS) is 18.0. The fraction of sp³-hybridized carbons (Fsp3) is 0.278. The topological polar surface area (TPSA) is 40.5 Å². The Bertz CT molecular complexity index is 652. The van der Waals surface area contributed by atoms with Crippen LogP contribution in [0.5, 0.6) is 0 Å². The number of benzene rings is 2. The van der Waals surface area contributed by atoms with Crippen LogP contribution in [-0.4, -0.2) is 24.2 Å². The molecule has 1 N–H and O–H groups in total. The van der Waals surface area contributed by atoms with Crippen molar-refractivity contribution in [2.75, 3.05) is 18.0 Å². The van der Waals surface area contributed by atoms with Gasteiger partial charge in [-0.3, -0.25) is 0 Å². The summed E-state index contributed by atoms with van der Waals surface area (Å²) in [5.41, 5.74) is 3.65. The third-order valence-corrected chi connectivity index (χ3v) is 4.24. The standard InChI is InChI=1S/C18H19NO2/c1-13-6-5-9-16(18(20)21)17(13)19-11-10-15(12-19)14-7-3-2-4-8-14/h2-9,15H,10-12H2,1H3,(H,20,21). The van der Waals surface area contributed by atoms with Crippen molar-refractivity contribution in [3.05, 3.63) is 65.2 Å². The van der Waals surface area contributed by atoms with Crippen LogP contribution in [0.15, 0.2) is 48.5 Å². The molecule has 21 heavy (non-hydrogen) atoms. The number of aryl methyl sites for hydroxylation is 1. The quantitative estimate of drug-likeness (QED) is 0.932. The molecule has 1 aliphatic heterocycles. The van der Waals surface area contributed by atoms with Crippen molar-refractivity contribution in [1.82, 2.24) is 0 Å². The van der Waals surface area contributed by atoms with Gasteiger partial charge in [0.05, 0.1) is 11.3 Å². The van der Waals surface area contributed by atoms with E-state index in [1.165, 1.54) is 5.56 Å². The average molecular weight is 281 g/mol. The first-order chi connectivity index (χ1) is 10.2. The Hall–Kier alpha value is -2.29. The highest BCUT2D eigenvalue weighted by Gasteiger charge is 2.27. The molecule has 3 rings (SSSR count). The van der Waals surface area contributed by atoms with E-state index in [4.69, 9.17) is 0 Å². The molecule has 1 heterocycles. The number of carboxylic acid groups (broad SMARTS) is 1. The van der Waals surface area contributed by atoms with Crippen molar-refractivity contribution < 1.29 is 9.90 Å². The molecule has 2 aromatic rings. The lowest BCUT2D eigenvalue weighted by molar-refractivity contribution is 0.0697. The summed E-state index contributed by atoms with van der Waals surface area (Å²) in [5.74, 6) is -0.371. The molecule has 1 unspecified atom stereocenters. The smallest absolute Gasteiger partial charge is 0.337 e. The van der Waals surface area contributed by atoms with Gasteiger partial charge in [0.1, 0.15) is 0 Å². The largest absolute Gasteiger partial charge is 0.478 e. The second-order valence-electron chi connectivity index (χ2n) is 5.62. The Kier molecular flexibility index (Phi) is 3.65. The summed E-state index contributed by atoms with van der Waals surface area (Å²) >= 11 is 0. The van der Waals surface area contributed by atoms with E-state index >= 15 is 0 Å². The van der Waals surface area contributed by atoms with E-state index in [2.05, 4.69) is 29.2 Å². The molecule has 1 atom stereocenters. The second kappa shape index (κ2) is 5.60. The maximum Gasteiger partial charge on any atom is 0.337 e. The van der Waals surface area contributed by atoms with Crippen molar-refractivity contribution in [2.24, 2.45) is 0 Å². The summed E-state index contributed by atoms with van der Waals surface area (Å²) in [6.45, 7) is 3.78. The Morgan fingerprint density at radius 2 is 1.90 bits per heavy atom. The van der Waals surface area contributed by atoms with Crippen molar-refractivity contribution in [3.63, 3.8) is 0 Å². The maximum atomic E-state index is 11.5. The fourth-order valence-electron chi connectivity index (χ4n) is 3.21. The van der Waals surface area contributed by atoms with Crippen LogP contribution in [0.3, 0.4) is 0 Å². The molecule has 0 aromatic heterocycles.